The van der Waals surface area contributed by atoms with Gasteiger partial charge in [-0.1, -0.05) is 12.1 Å². The van der Waals surface area contributed by atoms with Crippen LogP contribution in [0, 0.1) is 5.92 Å². The van der Waals surface area contributed by atoms with Crippen LogP contribution in [-0.4, -0.2) is 60.4 Å². The maximum Gasteiger partial charge on any atom is 0.227 e. The molecule has 2 fully saturated rings. The van der Waals surface area contributed by atoms with E-state index in [0.717, 1.165) is 61.8 Å². The van der Waals surface area contributed by atoms with Crippen molar-refractivity contribution in [2.75, 3.05) is 49.6 Å². The number of aliphatic hydroxyl groups is 1. The van der Waals surface area contributed by atoms with Gasteiger partial charge in [0.2, 0.25) is 5.91 Å². The minimum Gasteiger partial charge on any atom is -0.455 e. The van der Waals surface area contributed by atoms with E-state index in [-0.39, 0.29) is 18.4 Å². The molecule has 2 saturated heterocycles. The monoisotopic (exact) mass is 463 g/mol. The third-order valence-electron chi connectivity index (χ3n) is 6.22. The summed E-state index contributed by atoms with van der Waals surface area (Å²) in [5.41, 5.74) is 2.34. The topological polar surface area (TPSA) is 113 Å². The molecular weight excluding hydrogens is 434 g/mol. The first-order valence-electron chi connectivity index (χ1n) is 11.7. The maximum absolute atomic E-state index is 12.7. The lowest BCUT2D eigenvalue weighted by Gasteiger charge is -2.28. The summed E-state index contributed by atoms with van der Waals surface area (Å²) in [6.45, 7) is 4.32. The predicted molar refractivity (Wildman–Crippen MR) is 128 cm³/mol. The van der Waals surface area contributed by atoms with Gasteiger partial charge >= 0.3 is 0 Å². The highest BCUT2D eigenvalue weighted by Crippen LogP contribution is 2.29. The van der Waals surface area contributed by atoms with Crippen LogP contribution in [0.5, 0.6) is 0 Å². The first-order chi connectivity index (χ1) is 16.7. The normalized spacial score (nSPS) is 17.0. The molecule has 5 rings (SSSR count). The molecule has 4 heterocycles. The van der Waals surface area contributed by atoms with Crippen LogP contribution in [0.3, 0.4) is 0 Å². The lowest BCUT2D eigenvalue weighted by molar-refractivity contribution is -0.120. The number of amides is 1. The van der Waals surface area contributed by atoms with Crippen LogP contribution in [0.15, 0.2) is 46.9 Å². The standard InChI is InChI=1S/C25H29N5O4/c31-16-20-4-5-22(34-20)24-28-21(15-23(29-24)30-10-12-33-13-11-30)18-2-1-3-19(14-18)27-25(32)17-6-8-26-9-7-17/h1-5,14-15,17,26,31H,6-13,16H2,(H,27,32). The van der Waals surface area contributed by atoms with Crippen molar-refractivity contribution in [3.05, 3.63) is 48.2 Å². The van der Waals surface area contributed by atoms with E-state index in [9.17, 15) is 9.90 Å². The second-order valence-corrected chi connectivity index (χ2v) is 8.55. The molecule has 0 saturated carbocycles. The van der Waals surface area contributed by atoms with Gasteiger partial charge in [-0.05, 0) is 50.2 Å². The Hall–Kier alpha value is -3.27. The molecule has 0 bridgehead atoms. The molecule has 9 heteroatoms. The molecule has 2 aromatic heterocycles. The zero-order valence-corrected chi connectivity index (χ0v) is 19.0. The van der Waals surface area contributed by atoms with Crippen molar-refractivity contribution in [1.82, 2.24) is 15.3 Å². The van der Waals surface area contributed by atoms with E-state index >= 15 is 0 Å². The van der Waals surface area contributed by atoms with Crippen molar-refractivity contribution in [3.8, 4) is 22.8 Å². The van der Waals surface area contributed by atoms with Gasteiger partial charge in [0.05, 0.1) is 18.9 Å². The highest BCUT2D eigenvalue weighted by Gasteiger charge is 2.21. The third kappa shape index (κ3) is 5.11. The highest BCUT2D eigenvalue weighted by molar-refractivity contribution is 5.93. The number of rotatable bonds is 6. The maximum atomic E-state index is 12.7. The summed E-state index contributed by atoms with van der Waals surface area (Å²) in [6, 6.07) is 13.2. The predicted octanol–water partition coefficient (Wildman–Crippen LogP) is 2.67. The fourth-order valence-corrected chi connectivity index (χ4v) is 4.31. The molecule has 0 atom stereocenters. The number of furan rings is 1. The van der Waals surface area contributed by atoms with Crippen LogP contribution >= 0.6 is 0 Å². The van der Waals surface area contributed by atoms with Gasteiger partial charge < -0.3 is 29.8 Å². The van der Waals surface area contributed by atoms with Crippen molar-refractivity contribution >= 4 is 17.4 Å². The van der Waals surface area contributed by atoms with E-state index in [1.807, 2.05) is 30.3 Å². The Morgan fingerprint density at radius 1 is 1.12 bits per heavy atom. The number of aromatic nitrogens is 2. The largest absolute Gasteiger partial charge is 0.455 e. The molecule has 3 N–H and O–H groups in total. The number of ether oxygens (including phenoxy) is 1. The van der Waals surface area contributed by atoms with Crippen LogP contribution in [0.1, 0.15) is 18.6 Å². The van der Waals surface area contributed by atoms with Crippen molar-refractivity contribution in [1.29, 1.82) is 0 Å². The van der Waals surface area contributed by atoms with E-state index in [2.05, 4.69) is 15.5 Å². The van der Waals surface area contributed by atoms with E-state index in [4.69, 9.17) is 19.1 Å². The second-order valence-electron chi connectivity index (χ2n) is 8.55. The van der Waals surface area contributed by atoms with Gasteiger partial charge in [-0.3, -0.25) is 4.79 Å². The zero-order chi connectivity index (χ0) is 23.3. The number of carbonyl (C=O) groups excluding carboxylic acids is 1. The number of benzene rings is 1. The van der Waals surface area contributed by atoms with Crippen LogP contribution in [0.4, 0.5) is 11.5 Å². The van der Waals surface area contributed by atoms with Gasteiger partial charge in [-0.2, -0.15) is 0 Å². The SMILES string of the molecule is O=C(Nc1cccc(-c2cc(N3CCOCC3)nc(-c3ccc(CO)o3)n2)c1)C1CCNCC1. The van der Waals surface area contributed by atoms with E-state index in [1.54, 1.807) is 12.1 Å². The summed E-state index contributed by atoms with van der Waals surface area (Å²) >= 11 is 0. The summed E-state index contributed by atoms with van der Waals surface area (Å²) in [5, 5.41) is 15.8. The zero-order valence-electron chi connectivity index (χ0n) is 19.0. The number of nitrogens with one attached hydrogen (secondary N) is 2. The summed E-state index contributed by atoms with van der Waals surface area (Å²) in [5.74, 6) is 2.28. The van der Waals surface area contributed by atoms with Crippen LogP contribution in [-0.2, 0) is 16.1 Å². The number of morpholine rings is 1. The molecule has 0 spiro atoms. The van der Waals surface area contributed by atoms with E-state index in [0.29, 0.717) is 30.6 Å². The Balaban J connectivity index is 1.46. The Bertz CT molecular complexity index is 1140. The first-order valence-corrected chi connectivity index (χ1v) is 11.7. The number of nitrogens with zero attached hydrogens (tertiary/aromatic N) is 3. The van der Waals surface area contributed by atoms with Crippen molar-refractivity contribution in [2.45, 2.75) is 19.4 Å². The minimum atomic E-state index is -0.186. The lowest BCUT2D eigenvalue weighted by atomic mass is 9.97. The quantitative estimate of drug-likeness (QED) is 0.512. The summed E-state index contributed by atoms with van der Waals surface area (Å²) in [6.07, 6.45) is 1.70. The summed E-state index contributed by atoms with van der Waals surface area (Å²) < 4.78 is 11.2. The molecule has 2 aliphatic rings. The molecule has 1 amide bonds. The average molecular weight is 464 g/mol. The van der Waals surface area contributed by atoms with Crippen LogP contribution in [0.2, 0.25) is 0 Å². The molecule has 2 aliphatic heterocycles. The van der Waals surface area contributed by atoms with Gasteiger partial charge in [0, 0.05) is 36.3 Å². The Morgan fingerprint density at radius 2 is 1.94 bits per heavy atom. The Labute approximate surface area is 198 Å². The smallest absolute Gasteiger partial charge is 0.227 e. The van der Waals surface area contributed by atoms with Gasteiger partial charge in [0.25, 0.3) is 0 Å². The number of piperidine rings is 1. The third-order valence-corrected chi connectivity index (χ3v) is 6.22. The van der Waals surface area contributed by atoms with E-state index < -0.39 is 0 Å². The molecule has 0 unspecified atom stereocenters. The van der Waals surface area contributed by atoms with Gasteiger partial charge in [0.1, 0.15) is 18.2 Å². The average Bonchev–Trinajstić information content (AvgIpc) is 3.39. The number of carbonyl (C=O) groups is 1. The first kappa shape index (κ1) is 22.5. The molecule has 3 aromatic rings. The number of hydrogen-bond acceptors (Lipinski definition) is 8. The molecule has 0 radical (unpaired) electrons. The van der Waals surface area contributed by atoms with Crippen LogP contribution < -0.4 is 15.5 Å². The fourth-order valence-electron chi connectivity index (χ4n) is 4.31. The lowest BCUT2D eigenvalue weighted by Crippen LogP contribution is -2.36. The number of anilines is 2. The summed E-state index contributed by atoms with van der Waals surface area (Å²) in [7, 11) is 0. The number of aliphatic hydroxyl groups excluding tert-OH is 1. The van der Waals surface area contributed by atoms with Gasteiger partial charge in [0.15, 0.2) is 11.6 Å². The van der Waals surface area contributed by atoms with Crippen LogP contribution in [0.25, 0.3) is 22.8 Å². The van der Waals surface area contributed by atoms with Crippen molar-refractivity contribution < 1.29 is 19.1 Å². The molecule has 178 valence electrons. The molecular formula is C25H29N5O4. The molecule has 1 aromatic carbocycles. The second kappa shape index (κ2) is 10.3. The fraction of sp³-hybridized carbons (Fsp3) is 0.400. The number of hydrogen-bond donors (Lipinski definition) is 3. The highest BCUT2D eigenvalue weighted by atomic mass is 16.5. The van der Waals surface area contributed by atoms with E-state index in [1.165, 1.54) is 0 Å². The Morgan fingerprint density at radius 3 is 2.71 bits per heavy atom. The molecule has 34 heavy (non-hydrogen) atoms. The van der Waals surface area contributed by atoms with Crippen molar-refractivity contribution in [2.24, 2.45) is 5.92 Å². The Kier molecular flexibility index (Phi) is 6.84. The summed E-state index contributed by atoms with van der Waals surface area (Å²) in [4.78, 5) is 24.4. The minimum absolute atomic E-state index is 0.0307. The molecule has 9 nitrogen and oxygen atoms in total. The molecule has 0 aliphatic carbocycles. The van der Waals surface area contributed by atoms with Crippen molar-refractivity contribution in [3.63, 3.8) is 0 Å². The van der Waals surface area contributed by atoms with Gasteiger partial charge in [-0.15, -0.1) is 0 Å². The van der Waals surface area contributed by atoms with Gasteiger partial charge in [-0.25, -0.2) is 9.97 Å².